The fraction of sp³-hybridized carbons (Fsp3) is 0.353. The van der Waals surface area contributed by atoms with Gasteiger partial charge in [-0.15, -0.1) is 0 Å². The van der Waals surface area contributed by atoms with Crippen molar-refractivity contribution in [2.45, 2.75) is 13.5 Å². The third-order valence-corrected chi connectivity index (χ3v) is 3.74. The van der Waals surface area contributed by atoms with E-state index in [4.69, 9.17) is 4.74 Å². The number of anilines is 1. The number of amides is 1. The molecule has 0 unspecified atom stereocenters. The molecule has 1 aromatic heterocycles. The van der Waals surface area contributed by atoms with E-state index in [2.05, 4.69) is 40.4 Å². The zero-order valence-electron chi connectivity index (χ0n) is 13.2. The van der Waals surface area contributed by atoms with Crippen LogP contribution >= 0.6 is 0 Å². The summed E-state index contributed by atoms with van der Waals surface area (Å²) in [5, 5.41) is 3.24. The van der Waals surface area contributed by atoms with Crippen LogP contribution in [0.3, 0.4) is 0 Å². The Morgan fingerprint density at radius 2 is 2.09 bits per heavy atom. The van der Waals surface area contributed by atoms with Gasteiger partial charge in [-0.05, 0) is 12.5 Å². The second kappa shape index (κ2) is 7.19. The number of ether oxygens (including phenoxy) is 1. The molecule has 0 bridgehead atoms. The van der Waals surface area contributed by atoms with Crippen molar-refractivity contribution in [3.05, 3.63) is 53.5 Å². The molecule has 0 radical (unpaired) electrons. The molecule has 1 saturated heterocycles. The number of rotatable bonds is 4. The van der Waals surface area contributed by atoms with Crippen LogP contribution in [0.1, 0.15) is 21.6 Å². The van der Waals surface area contributed by atoms with Gasteiger partial charge < -0.3 is 15.0 Å². The molecule has 0 saturated carbocycles. The quantitative estimate of drug-likeness (QED) is 0.933. The Morgan fingerprint density at radius 1 is 1.26 bits per heavy atom. The van der Waals surface area contributed by atoms with E-state index in [0.717, 1.165) is 0 Å². The van der Waals surface area contributed by atoms with Crippen LogP contribution < -0.4 is 5.32 Å². The number of hydrogen-bond donors (Lipinski definition) is 1. The molecule has 6 heteroatoms. The first-order chi connectivity index (χ1) is 11.2. The predicted octanol–water partition coefficient (Wildman–Crippen LogP) is 1.87. The Balaban J connectivity index is 1.66. The average Bonchev–Trinajstić information content (AvgIpc) is 2.60. The van der Waals surface area contributed by atoms with E-state index in [0.29, 0.717) is 44.4 Å². The smallest absolute Gasteiger partial charge is 0.272 e. The maximum atomic E-state index is 12.4. The molecular weight excluding hydrogens is 292 g/mol. The number of nitrogens with one attached hydrogen (secondary N) is 1. The third-order valence-electron chi connectivity index (χ3n) is 3.74. The lowest BCUT2D eigenvalue weighted by molar-refractivity contribution is 0.0299. The minimum Gasteiger partial charge on any atom is -0.378 e. The minimum absolute atomic E-state index is 0.0747. The van der Waals surface area contributed by atoms with E-state index in [9.17, 15) is 4.79 Å². The summed E-state index contributed by atoms with van der Waals surface area (Å²) in [4.78, 5) is 22.5. The Kier molecular flexibility index (Phi) is 4.83. The largest absolute Gasteiger partial charge is 0.378 e. The average molecular weight is 312 g/mol. The molecule has 1 fully saturated rings. The van der Waals surface area contributed by atoms with E-state index in [1.165, 1.54) is 17.5 Å². The van der Waals surface area contributed by atoms with Gasteiger partial charge >= 0.3 is 0 Å². The minimum atomic E-state index is -0.0747. The lowest BCUT2D eigenvalue weighted by atomic mass is 10.1. The Hall–Kier alpha value is -2.47. The number of nitrogens with zero attached hydrogens (tertiary/aromatic N) is 3. The van der Waals surface area contributed by atoms with Gasteiger partial charge in [0.2, 0.25) is 0 Å². The van der Waals surface area contributed by atoms with Gasteiger partial charge in [-0.1, -0.05) is 29.8 Å². The Labute approximate surface area is 135 Å². The van der Waals surface area contributed by atoms with Crippen LogP contribution in [0, 0.1) is 6.92 Å². The van der Waals surface area contributed by atoms with Gasteiger partial charge in [0.15, 0.2) is 0 Å². The number of hydrogen-bond acceptors (Lipinski definition) is 5. The standard InChI is InChI=1S/C17H20N4O2/c1-13-3-2-4-14(9-13)11-18-16-10-15(19-12-20-16)17(22)21-5-7-23-8-6-21/h2-4,9-10,12H,5-8,11H2,1H3,(H,18,19,20). The summed E-state index contributed by atoms with van der Waals surface area (Å²) < 4.78 is 5.27. The normalized spacial score (nSPS) is 14.6. The molecule has 1 aliphatic rings. The van der Waals surface area contributed by atoms with Crippen molar-refractivity contribution in [2.24, 2.45) is 0 Å². The summed E-state index contributed by atoms with van der Waals surface area (Å²) in [5.41, 5.74) is 2.80. The van der Waals surface area contributed by atoms with Crippen LogP contribution in [0.25, 0.3) is 0 Å². The Morgan fingerprint density at radius 3 is 2.87 bits per heavy atom. The number of carbonyl (C=O) groups excluding carboxylic acids is 1. The maximum Gasteiger partial charge on any atom is 0.272 e. The van der Waals surface area contributed by atoms with Crippen molar-refractivity contribution in [3.63, 3.8) is 0 Å². The summed E-state index contributed by atoms with van der Waals surface area (Å²) in [5.74, 6) is 0.576. The first-order valence-electron chi connectivity index (χ1n) is 7.71. The Bertz CT molecular complexity index is 684. The molecule has 2 aromatic rings. The summed E-state index contributed by atoms with van der Waals surface area (Å²) in [7, 11) is 0. The highest BCUT2D eigenvalue weighted by Gasteiger charge is 2.19. The lowest BCUT2D eigenvalue weighted by Crippen LogP contribution is -2.41. The van der Waals surface area contributed by atoms with Crippen molar-refractivity contribution in [2.75, 3.05) is 31.6 Å². The molecular formula is C17H20N4O2. The maximum absolute atomic E-state index is 12.4. The molecule has 2 heterocycles. The number of benzene rings is 1. The molecule has 1 N–H and O–H groups in total. The van der Waals surface area contributed by atoms with Crippen molar-refractivity contribution >= 4 is 11.7 Å². The van der Waals surface area contributed by atoms with Crippen LogP contribution in [0.15, 0.2) is 36.7 Å². The van der Waals surface area contributed by atoms with Gasteiger partial charge in [-0.3, -0.25) is 4.79 Å². The molecule has 6 nitrogen and oxygen atoms in total. The van der Waals surface area contributed by atoms with Crippen molar-refractivity contribution < 1.29 is 9.53 Å². The van der Waals surface area contributed by atoms with Gasteiger partial charge in [0, 0.05) is 25.7 Å². The third kappa shape index (κ3) is 4.04. The fourth-order valence-corrected chi connectivity index (χ4v) is 2.51. The molecule has 1 amide bonds. The molecule has 0 aliphatic carbocycles. The second-order valence-electron chi connectivity index (χ2n) is 5.54. The van der Waals surface area contributed by atoms with Gasteiger partial charge in [-0.2, -0.15) is 0 Å². The van der Waals surface area contributed by atoms with Crippen molar-refractivity contribution in [3.8, 4) is 0 Å². The highest BCUT2D eigenvalue weighted by Crippen LogP contribution is 2.11. The zero-order valence-corrected chi connectivity index (χ0v) is 13.2. The summed E-state index contributed by atoms with van der Waals surface area (Å²) in [6, 6.07) is 9.97. The SMILES string of the molecule is Cc1cccc(CNc2cc(C(=O)N3CCOCC3)ncn2)c1. The van der Waals surface area contributed by atoms with Crippen LogP contribution in [-0.4, -0.2) is 47.1 Å². The van der Waals surface area contributed by atoms with Crippen LogP contribution in [0.5, 0.6) is 0 Å². The molecule has 3 rings (SSSR count). The van der Waals surface area contributed by atoms with Gasteiger partial charge in [-0.25, -0.2) is 9.97 Å². The van der Waals surface area contributed by atoms with Gasteiger partial charge in [0.1, 0.15) is 17.8 Å². The van der Waals surface area contributed by atoms with E-state index < -0.39 is 0 Å². The van der Waals surface area contributed by atoms with Crippen molar-refractivity contribution in [1.29, 1.82) is 0 Å². The van der Waals surface area contributed by atoms with Gasteiger partial charge in [0.25, 0.3) is 5.91 Å². The molecule has 1 aliphatic heterocycles. The first kappa shape index (κ1) is 15.4. The summed E-state index contributed by atoms with van der Waals surface area (Å²) in [6.07, 6.45) is 1.42. The van der Waals surface area contributed by atoms with Crippen LogP contribution in [0.4, 0.5) is 5.82 Å². The number of morpholine rings is 1. The predicted molar refractivity (Wildman–Crippen MR) is 87.3 cm³/mol. The molecule has 23 heavy (non-hydrogen) atoms. The highest BCUT2D eigenvalue weighted by molar-refractivity contribution is 5.92. The van der Waals surface area contributed by atoms with Gasteiger partial charge in [0.05, 0.1) is 13.2 Å². The second-order valence-corrected chi connectivity index (χ2v) is 5.54. The van der Waals surface area contributed by atoms with Crippen LogP contribution in [-0.2, 0) is 11.3 Å². The number of carbonyl (C=O) groups is 1. The number of aryl methyl sites for hydroxylation is 1. The molecule has 0 spiro atoms. The first-order valence-corrected chi connectivity index (χ1v) is 7.71. The molecule has 1 aromatic carbocycles. The van der Waals surface area contributed by atoms with Crippen molar-refractivity contribution in [1.82, 2.24) is 14.9 Å². The van der Waals surface area contributed by atoms with E-state index in [1.54, 1.807) is 11.0 Å². The van der Waals surface area contributed by atoms with Crippen LogP contribution in [0.2, 0.25) is 0 Å². The molecule has 0 atom stereocenters. The zero-order chi connectivity index (χ0) is 16.1. The fourth-order valence-electron chi connectivity index (χ4n) is 2.51. The molecule has 120 valence electrons. The summed E-state index contributed by atoms with van der Waals surface area (Å²) in [6.45, 7) is 5.09. The highest BCUT2D eigenvalue weighted by atomic mass is 16.5. The topological polar surface area (TPSA) is 67.4 Å². The van der Waals surface area contributed by atoms with E-state index in [1.807, 2.05) is 6.07 Å². The monoisotopic (exact) mass is 312 g/mol. The lowest BCUT2D eigenvalue weighted by Gasteiger charge is -2.26. The van der Waals surface area contributed by atoms with E-state index in [-0.39, 0.29) is 5.91 Å². The number of aromatic nitrogens is 2. The summed E-state index contributed by atoms with van der Waals surface area (Å²) >= 11 is 0. The van der Waals surface area contributed by atoms with E-state index >= 15 is 0 Å².